The molecule has 0 aliphatic carbocycles. The van der Waals surface area contributed by atoms with Crippen LogP contribution in [0.15, 0.2) is 48.0 Å². The van der Waals surface area contributed by atoms with Crippen LogP contribution >= 0.6 is 11.3 Å². The lowest BCUT2D eigenvalue weighted by Crippen LogP contribution is -2.27. The molecular formula is C28H34N2O7S. The third kappa shape index (κ3) is 9.26. The molecule has 0 saturated carbocycles. The second-order valence-corrected chi connectivity index (χ2v) is 9.28. The number of hydrogen-bond acceptors (Lipinski definition) is 8. The number of nitrogens with zero attached hydrogens (tertiary/aromatic N) is 2. The Kier molecular flexibility index (Phi) is 12.9. The number of aliphatic carboxylic acids is 1. The van der Waals surface area contributed by atoms with Gasteiger partial charge in [0.1, 0.15) is 11.5 Å². The fraction of sp³-hybridized carbons (Fsp3) is 0.393. The van der Waals surface area contributed by atoms with Crippen LogP contribution in [0, 0.1) is 5.92 Å². The highest BCUT2D eigenvalue weighted by Gasteiger charge is 2.28. The Bertz CT molecular complexity index is 1170. The van der Waals surface area contributed by atoms with Gasteiger partial charge in [-0.2, -0.15) is 0 Å². The predicted molar refractivity (Wildman–Crippen MR) is 144 cm³/mol. The van der Waals surface area contributed by atoms with Crippen molar-refractivity contribution in [2.24, 2.45) is 5.92 Å². The van der Waals surface area contributed by atoms with Crippen molar-refractivity contribution in [2.45, 2.75) is 53.0 Å². The molecule has 38 heavy (non-hydrogen) atoms. The van der Waals surface area contributed by atoms with Gasteiger partial charge < -0.3 is 19.1 Å². The molecule has 1 atom stereocenters. The second-order valence-electron chi connectivity index (χ2n) is 8.25. The Labute approximate surface area is 226 Å². The Morgan fingerprint density at radius 1 is 1.08 bits per heavy atom. The first-order valence-electron chi connectivity index (χ1n) is 12.5. The number of hydrogen-bond donors (Lipinski definition) is 1. The lowest BCUT2D eigenvalue weighted by atomic mass is 10.1. The fourth-order valence-corrected chi connectivity index (χ4v) is 4.28. The van der Waals surface area contributed by atoms with Crippen molar-refractivity contribution in [1.82, 2.24) is 9.55 Å². The summed E-state index contributed by atoms with van der Waals surface area (Å²) in [5, 5.41) is 10.7. The minimum atomic E-state index is -1.14. The number of imidazole rings is 1. The van der Waals surface area contributed by atoms with Crippen LogP contribution < -0.4 is 0 Å². The Balaban J connectivity index is 0.000000293. The maximum absolute atomic E-state index is 11.7. The summed E-state index contributed by atoms with van der Waals surface area (Å²) in [6, 6.07) is 10.9. The smallest absolute Gasteiger partial charge is 0.338 e. The first kappa shape index (κ1) is 30.4. The van der Waals surface area contributed by atoms with Gasteiger partial charge in [-0.15, -0.1) is 11.3 Å². The van der Waals surface area contributed by atoms with Crippen LogP contribution in [-0.4, -0.2) is 52.1 Å². The van der Waals surface area contributed by atoms with Crippen LogP contribution in [0.25, 0.3) is 0 Å². The third-order valence-corrected chi connectivity index (χ3v) is 6.40. The van der Waals surface area contributed by atoms with Gasteiger partial charge in [0.05, 0.1) is 25.0 Å². The van der Waals surface area contributed by atoms with Crippen LogP contribution in [0.2, 0.25) is 0 Å². The van der Waals surface area contributed by atoms with E-state index in [1.807, 2.05) is 28.1 Å². The average Bonchev–Trinajstić information content (AvgIpc) is 3.56. The zero-order valence-electron chi connectivity index (χ0n) is 21.9. The summed E-state index contributed by atoms with van der Waals surface area (Å²) in [5.74, 6) is -2.30. The van der Waals surface area contributed by atoms with Crippen LogP contribution in [0.4, 0.5) is 0 Å². The van der Waals surface area contributed by atoms with Gasteiger partial charge in [0.2, 0.25) is 0 Å². The predicted octanol–water partition coefficient (Wildman–Crippen LogP) is 4.82. The number of unbranched alkanes of at least 4 members (excludes halogenated alkanes) is 1. The number of ether oxygens (including phenoxy) is 2. The molecule has 1 aromatic carbocycles. The van der Waals surface area contributed by atoms with E-state index in [-0.39, 0.29) is 19.0 Å². The summed E-state index contributed by atoms with van der Waals surface area (Å²) in [4.78, 5) is 50.2. The van der Waals surface area contributed by atoms with Gasteiger partial charge in [-0.1, -0.05) is 31.5 Å². The SMILES string of the molecule is CCCCc1ncc(C=O)n1Cc1ccc(C(=O)OCC)cc1.CCOC(=O)C(Cc1cccs1)C(=O)O. The number of carboxylic acids is 1. The molecule has 0 aliphatic rings. The molecule has 2 aromatic heterocycles. The summed E-state index contributed by atoms with van der Waals surface area (Å²) in [6.45, 7) is 6.69. The number of carbonyl (C=O) groups excluding carboxylic acids is 3. The number of carbonyl (C=O) groups is 4. The molecule has 9 nitrogen and oxygen atoms in total. The van der Waals surface area contributed by atoms with Crippen LogP contribution in [0.1, 0.15) is 70.7 Å². The molecule has 10 heteroatoms. The largest absolute Gasteiger partial charge is 0.481 e. The van der Waals surface area contributed by atoms with Crippen LogP contribution in [-0.2, 0) is 38.4 Å². The number of rotatable bonds is 13. The highest BCUT2D eigenvalue weighted by molar-refractivity contribution is 7.09. The molecule has 0 saturated heterocycles. The molecule has 3 aromatic rings. The van der Waals surface area contributed by atoms with Crippen molar-refractivity contribution < 1.29 is 33.8 Å². The average molecular weight is 543 g/mol. The van der Waals surface area contributed by atoms with Crippen molar-refractivity contribution in [3.05, 3.63) is 75.5 Å². The molecule has 0 bridgehead atoms. The summed E-state index contributed by atoms with van der Waals surface area (Å²) in [6.07, 6.45) is 5.62. The first-order valence-corrected chi connectivity index (χ1v) is 13.4. The number of carboxylic acid groups (broad SMARTS) is 1. The maximum Gasteiger partial charge on any atom is 0.338 e. The molecule has 1 unspecified atom stereocenters. The first-order chi connectivity index (χ1) is 18.3. The number of aromatic nitrogens is 2. The van der Waals surface area contributed by atoms with E-state index in [2.05, 4.69) is 11.9 Å². The standard InChI is InChI=1S/C18H22N2O3.C10H12O4S/c1-3-5-6-17-19-11-16(13-21)20(17)12-14-7-9-15(10-8-14)18(22)23-4-2;1-2-14-10(13)8(9(11)12)6-7-4-3-5-15-7/h7-11,13H,3-6,12H2,1-2H3;3-5,8H,2,6H2,1H3,(H,11,12). The zero-order valence-corrected chi connectivity index (χ0v) is 22.7. The number of aryl methyl sites for hydroxylation is 1. The molecule has 1 N–H and O–H groups in total. The Morgan fingerprint density at radius 2 is 1.79 bits per heavy atom. The fourth-order valence-electron chi connectivity index (χ4n) is 3.53. The van der Waals surface area contributed by atoms with Crippen molar-refractivity contribution >= 4 is 35.5 Å². The highest BCUT2D eigenvalue weighted by atomic mass is 32.1. The van der Waals surface area contributed by atoms with Gasteiger partial charge >= 0.3 is 17.9 Å². The molecule has 3 rings (SSSR count). The van der Waals surface area contributed by atoms with E-state index in [0.717, 1.165) is 41.8 Å². The van der Waals surface area contributed by atoms with Gasteiger partial charge in [-0.25, -0.2) is 9.78 Å². The monoisotopic (exact) mass is 542 g/mol. The van der Waals surface area contributed by atoms with E-state index in [4.69, 9.17) is 14.6 Å². The Hall–Kier alpha value is -3.79. The van der Waals surface area contributed by atoms with Gasteiger partial charge in [-0.05, 0) is 49.4 Å². The minimum Gasteiger partial charge on any atom is -0.481 e. The molecule has 0 fully saturated rings. The van der Waals surface area contributed by atoms with Gasteiger partial charge in [0.25, 0.3) is 0 Å². The van der Waals surface area contributed by atoms with E-state index in [1.54, 1.807) is 38.2 Å². The summed E-state index contributed by atoms with van der Waals surface area (Å²) in [7, 11) is 0. The molecule has 2 heterocycles. The molecule has 0 amide bonds. The van der Waals surface area contributed by atoms with E-state index < -0.39 is 17.9 Å². The highest BCUT2D eigenvalue weighted by Crippen LogP contribution is 2.16. The van der Waals surface area contributed by atoms with Crippen molar-refractivity contribution in [3.63, 3.8) is 0 Å². The van der Waals surface area contributed by atoms with E-state index in [0.29, 0.717) is 24.4 Å². The number of esters is 2. The third-order valence-electron chi connectivity index (χ3n) is 5.50. The Morgan fingerprint density at radius 3 is 2.34 bits per heavy atom. The van der Waals surface area contributed by atoms with Gasteiger partial charge in [0.15, 0.2) is 12.2 Å². The minimum absolute atomic E-state index is 0.200. The number of benzene rings is 1. The lowest BCUT2D eigenvalue weighted by molar-refractivity contribution is -0.158. The summed E-state index contributed by atoms with van der Waals surface area (Å²) >= 11 is 1.43. The van der Waals surface area contributed by atoms with Gasteiger partial charge in [0, 0.05) is 24.3 Å². The number of thiophene rings is 1. The zero-order chi connectivity index (χ0) is 27.9. The molecular weight excluding hydrogens is 508 g/mol. The van der Waals surface area contributed by atoms with Gasteiger partial charge in [-0.3, -0.25) is 14.4 Å². The van der Waals surface area contributed by atoms with Crippen LogP contribution in [0.5, 0.6) is 0 Å². The van der Waals surface area contributed by atoms with Crippen molar-refractivity contribution in [2.75, 3.05) is 13.2 Å². The summed E-state index contributed by atoms with van der Waals surface area (Å²) in [5.41, 5.74) is 2.12. The molecule has 0 spiro atoms. The van der Waals surface area contributed by atoms with Crippen molar-refractivity contribution in [3.8, 4) is 0 Å². The summed E-state index contributed by atoms with van der Waals surface area (Å²) < 4.78 is 11.6. The van der Waals surface area contributed by atoms with Crippen LogP contribution in [0.3, 0.4) is 0 Å². The topological polar surface area (TPSA) is 125 Å². The number of aldehydes is 1. The van der Waals surface area contributed by atoms with Crippen molar-refractivity contribution in [1.29, 1.82) is 0 Å². The maximum atomic E-state index is 11.7. The van der Waals surface area contributed by atoms with E-state index in [1.165, 1.54) is 11.3 Å². The second kappa shape index (κ2) is 16.1. The van der Waals surface area contributed by atoms with E-state index >= 15 is 0 Å². The molecule has 204 valence electrons. The molecule has 0 aliphatic heterocycles. The lowest BCUT2D eigenvalue weighted by Gasteiger charge is -2.10. The van der Waals surface area contributed by atoms with E-state index in [9.17, 15) is 19.2 Å². The normalized spacial score (nSPS) is 11.1. The quantitative estimate of drug-likeness (QED) is 0.185. The molecule has 0 radical (unpaired) electrons.